The quantitative estimate of drug-likeness (QED) is 0.437. The Bertz CT molecular complexity index is 1330. The van der Waals surface area contributed by atoms with Gasteiger partial charge in [0.1, 0.15) is 17.4 Å². The number of benzene rings is 2. The van der Waals surface area contributed by atoms with Gasteiger partial charge in [0.25, 0.3) is 5.91 Å². The first-order chi connectivity index (χ1) is 18.1. The monoisotopic (exact) mass is 536 g/mol. The number of rotatable bonds is 7. The van der Waals surface area contributed by atoms with Crippen molar-refractivity contribution in [2.24, 2.45) is 5.73 Å². The number of hydrogen-bond acceptors (Lipinski definition) is 5. The van der Waals surface area contributed by atoms with Crippen LogP contribution in [0.1, 0.15) is 49.9 Å². The number of hydrogen-bond donors (Lipinski definition) is 2. The number of nitrogens with zero attached hydrogens (tertiary/aromatic N) is 2. The summed E-state index contributed by atoms with van der Waals surface area (Å²) in [5.74, 6) is 0.269. The van der Waals surface area contributed by atoms with Crippen molar-refractivity contribution in [3.05, 3.63) is 77.2 Å². The van der Waals surface area contributed by atoms with Gasteiger partial charge < -0.3 is 20.7 Å². The fourth-order valence-corrected chi connectivity index (χ4v) is 5.65. The van der Waals surface area contributed by atoms with E-state index in [0.717, 1.165) is 37.1 Å². The average Bonchev–Trinajstić information content (AvgIpc) is 3.15. The van der Waals surface area contributed by atoms with E-state index < -0.39 is 11.5 Å². The first-order valence-corrected chi connectivity index (χ1v) is 13.1. The van der Waals surface area contributed by atoms with E-state index in [1.807, 2.05) is 6.07 Å². The number of pyridine rings is 1. The number of primary amides is 1. The Hall–Kier alpha value is -3.65. The van der Waals surface area contributed by atoms with Crippen molar-refractivity contribution < 1.29 is 18.7 Å². The highest BCUT2D eigenvalue weighted by molar-refractivity contribution is 6.31. The normalized spacial score (nSPS) is 20.7. The Labute approximate surface area is 226 Å². The molecule has 1 unspecified atom stereocenters. The molecule has 0 spiro atoms. The Kier molecular flexibility index (Phi) is 7.01. The summed E-state index contributed by atoms with van der Waals surface area (Å²) in [6.07, 6.45) is 5.13. The first kappa shape index (κ1) is 26.0. The van der Waals surface area contributed by atoms with E-state index in [4.69, 9.17) is 22.1 Å². The summed E-state index contributed by atoms with van der Waals surface area (Å²) >= 11 is 6.23. The topological polar surface area (TPSA) is 97.5 Å². The molecule has 3 heterocycles. The zero-order chi connectivity index (χ0) is 27.0. The minimum Gasteiger partial charge on any atom is -0.477 e. The summed E-state index contributed by atoms with van der Waals surface area (Å²) in [5, 5.41) is 3.72. The molecule has 9 heteroatoms. The number of fused-ring (bicyclic) bond motifs is 2. The maximum atomic E-state index is 13.5. The van der Waals surface area contributed by atoms with Gasteiger partial charge >= 0.3 is 0 Å². The van der Waals surface area contributed by atoms with Gasteiger partial charge in [0, 0.05) is 34.9 Å². The summed E-state index contributed by atoms with van der Waals surface area (Å²) in [6, 6.07) is 15.3. The molecule has 5 rings (SSSR count). The number of aromatic nitrogens is 1. The maximum absolute atomic E-state index is 13.5. The van der Waals surface area contributed by atoms with E-state index in [1.54, 1.807) is 50.2 Å². The molecular weight excluding hydrogens is 507 g/mol. The second-order valence-corrected chi connectivity index (χ2v) is 10.9. The molecule has 0 radical (unpaired) electrons. The summed E-state index contributed by atoms with van der Waals surface area (Å²) in [5.41, 5.74) is 5.98. The van der Waals surface area contributed by atoms with E-state index in [0.29, 0.717) is 21.9 Å². The molecule has 198 valence electrons. The molecule has 2 aromatic carbocycles. The van der Waals surface area contributed by atoms with E-state index >= 15 is 0 Å². The lowest BCUT2D eigenvalue weighted by molar-refractivity contribution is -0.135. The van der Waals surface area contributed by atoms with Crippen LogP contribution in [0.25, 0.3) is 11.1 Å². The third kappa shape index (κ3) is 5.31. The molecular formula is C29H30ClFN4O3. The van der Waals surface area contributed by atoms with Gasteiger partial charge in [0.15, 0.2) is 5.60 Å². The molecule has 7 nitrogen and oxygen atoms in total. The highest BCUT2D eigenvalue weighted by atomic mass is 35.5. The molecule has 0 saturated carbocycles. The Balaban J connectivity index is 1.27. The van der Waals surface area contributed by atoms with Crippen molar-refractivity contribution in [2.45, 2.75) is 63.3 Å². The predicted molar refractivity (Wildman–Crippen MR) is 145 cm³/mol. The van der Waals surface area contributed by atoms with Crippen LogP contribution in [0, 0.1) is 5.82 Å². The minimum atomic E-state index is -1.16. The molecule has 2 aliphatic rings. The zero-order valence-corrected chi connectivity index (χ0v) is 22.0. The van der Waals surface area contributed by atoms with Gasteiger partial charge in [-0.15, -0.1) is 0 Å². The van der Waals surface area contributed by atoms with E-state index in [-0.39, 0.29) is 29.8 Å². The number of amides is 2. The van der Waals surface area contributed by atoms with Gasteiger partial charge in [0.2, 0.25) is 5.91 Å². The third-order valence-electron chi connectivity index (χ3n) is 7.37. The fraction of sp³-hybridized carbons (Fsp3) is 0.345. The number of carbonyl (C=O) groups excluding carboxylic acids is 2. The van der Waals surface area contributed by atoms with Gasteiger partial charge in [-0.05, 0) is 87.6 Å². The van der Waals surface area contributed by atoms with Crippen LogP contribution < -0.4 is 20.7 Å². The number of ether oxygens (including phenoxy) is 1. The van der Waals surface area contributed by atoms with Gasteiger partial charge in [-0.1, -0.05) is 23.7 Å². The molecule has 3 N–H and O–H groups in total. The van der Waals surface area contributed by atoms with Crippen LogP contribution in [-0.4, -0.2) is 40.5 Å². The highest BCUT2D eigenvalue weighted by Crippen LogP contribution is 2.39. The SMILES string of the molecule is CC(C)(Oc1ccc(Cl)cc1-c1ccc(F)cc1)C(=O)NC1C[C@H]2CC[C@@H](C1)N2c1ccc(C(N)=O)cn1. The molecule has 1 aromatic heterocycles. The number of nitrogens with two attached hydrogens (primary N) is 1. The molecule has 2 saturated heterocycles. The van der Waals surface area contributed by atoms with Crippen molar-refractivity contribution in [3.63, 3.8) is 0 Å². The number of carbonyl (C=O) groups is 2. The van der Waals surface area contributed by atoms with Crippen molar-refractivity contribution in [1.29, 1.82) is 0 Å². The van der Waals surface area contributed by atoms with Gasteiger partial charge in [-0.25, -0.2) is 9.37 Å². The molecule has 38 heavy (non-hydrogen) atoms. The Morgan fingerprint density at radius 3 is 2.37 bits per heavy atom. The van der Waals surface area contributed by atoms with Crippen molar-refractivity contribution in [1.82, 2.24) is 10.3 Å². The largest absolute Gasteiger partial charge is 0.477 e. The van der Waals surface area contributed by atoms with Crippen LogP contribution in [-0.2, 0) is 4.79 Å². The van der Waals surface area contributed by atoms with E-state index in [2.05, 4.69) is 15.2 Å². The van der Waals surface area contributed by atoms with E-state index in [9.17, 15) is 14.0 Å². The second-order valence-electron chi connectivity index (χ2n) is 10.5. The lowest BCUT2D eigenvalue weighted by atomic mass is 9.96. The fourth-order valence-electron chi connectivity index (χ4n) is 5.48. The molecule has 2 amide bonds. The standard InChI is InChI=1S/C29H30ClFN4O3/c1-29(2,38-25-11-6-19(30)13-24(25)17-3-7-20(31)8-4-17)28(37)34-21-14-22-9-10-23(15-21)35(22)26-12-5-18(16-33-26)27(32)36/h3-8,11-13,16,21-23H,9-10,14-15H2,1-2H3,(H2,32,36)(H,34,37)/t21?,22-,23+. The number of anilines is 1. The van der Waals surface area contributed by atoms with Crippen LogP contribution in [0.2, 0.25) is 5.02 Å². The van der Waals surface area contributed by atoms with Gasteiger partial charge in [-0.2, -0.15) is 0 Å². The first-order valence-electron chi connectivity index (χ1n) is 12.7. The average molecular weight is 537 g/mol. The number of nitrogens with one attached hydrogen (secondary N) is 1. The Morgan fingerprint density at radius 2 is 1.76 bits per heavy atom. The third-order valence-corrected chi connectivity index (χ3v) is 7.61. The van der Waals surface area contributed by atoms with Gasteiger partial charge in [0.05, 0.1) is 5.56 Å². The zero-order valence-electron chi connectivity index (χ0n) is 21.3. The van der Waals surface area contributed by atoms with Crippen molar-refractivity contribution in [2.75, 3.05) is 4.90 Å². The second kappa shape index (κ2) is 10.3. The van der Waals surface area contributed by atoms with Crippen LogP contribution in [0.5, 0.6) is 5.75 Å². The smallest absolute Gasteiger partial charge is 0.263 e. The number of halogens is 2. The molecule has 3 aromatic rings. The summed E-state index contributed by atoms with van der Waals surface area (Å²) < 4.78 is 19.7. The minimum absolute atomic E-state index is 0.00537. The summed E-state index contributed by atoms with van der Waals surface area (Å²) in [4.78, 5) is 31.6. The van der Waals surface area contributed by atoms with Gasteiger partial charge in [-0.3, -0.25) is 9.59 Å². The van der Waals surface area contributed by atoms with Crippen LogP contribution in [0.15, 0.2) is 60.8 Å². The molecule has 0 aliphatic carbocycles. The summed E-state index contributed by atoms with van der Waals surface area (Å²) in [7, 11) is 0. The maximum Gasteiger partial charge on any atom is 0.263 e. The lowest BCUT2D eigenvalue weighted by Gasteiger charge is -2.41. The number of piperidine rings is 1. The van der Waals surface area contributed by atoms with Crippen LogP contribution in [0.3, 0.4) is 0 Å². The summed E-state index contributed by atoms with van der Waals surface area (Å²) in [6.45, 7) is 3.47. The van der Waals surface area contributed by atoms with Crippen LogP contribution in [0.4, 0.5) is 10.2 Å². The Morgan fingerprint density at radius 1 is 1.08 bits per heavy atom. The molecule has 2 bridgehead atoms. The van der Waals surface area contributed by atoms with Crippen molar-refractivity contribution in [3.8, 4) is 16.9 Å². The molecule has 3 atom stereocenters. The lowest BCUT2D eigenvalue weighted by Crippen LogP contribution is -2.55. The highest BCUT2D eigenvalue weighted by Gasteiger charge is 2.43. The van der Waals surface area contributed by atoms with E-state index in [1.165, 1.54) is 18.3 Å². The molecule has 2 fully saturated rings. The predicted octanol–water partition coefficient (Wildman–Crippen LogP) is 5.11. The molecule has 2 aliphatic heterocycles. The van der Waals surface area contributed by atoms with Crippen LogP contribution >= 0.6 is 11.6 Å². The van der Waals surface area contributed by atoms with Crippen molar-refractivity contribution >= 4 is 29.2 Å².